The average molecular weight is 561 g/mol. The van der Waals surface area contributed by atoms with Gasteiger partial charge in [-0.1, -0.05) is 54.9 Å². The van der Waals surface area contributed by atoms with Crippen LogP contribution < -0.4 is 9.64 Å². The van der Waals surface area contributed by atoms with Crippen molar-refractivity contribution in [2.24, 2.45) is 5.92 Å². The van der Waals surface area contributed by atoms with E-state index in [0.717, 1.165) is 70.3 Å². The first-order valence-corrected chi connectivity index (χ1v) is 14.5. The van der Waals surface area contributed by atoms with E-state index in [1.807, 2.05) is 65.6 Å². The number of rotatable bonds is 8. The van der Waals surface area contributed by atoms with Gasteiger partial charge in [-0.2, -0.15) is 0 Å². The number of amides is 2. The number of carbonyl (C=O) groups excluding carboxylic acids is 2. The Morgan fingerprint density at radius 3 is 2.38 bits per heavy atom. The van der Waals surface area contributed by atoms with Gasteiger partial charge in [-0.3, -0.25) is 9.59 Å². The third-order valence-electron chi connectivity index (χ3n) is 7.80. The fourth-order valence-electron chi connectivity index (χ4n) is 5.42. The summed E-state index contributed by atoms with van der Waals surface area (Å²) in [6, 6.07) is 22.0. The Balaban J connectivity index is 1.51. The second-order valence-corrected chi connectivity index (χ2v) is 11.8. The molecule has 1 aromatic heterocycles. The Morgan fingerprint density at radius 1 is 1.03 bits per heavy atom. The first kappa shape index (κ1) is 27.2. The Kier molecular flexibility index (Phi) is 8.24. The predicted molar refractivity (Wildman–Crippen MR) is 161 cm³/mol. The number of anilines is 1. The SMILES string of the molecule is COc1ccc(-c2ccc(N(C)C=O)cc2)cc1CN(C(=O)c1sc2ccccc2c1Cl)C1CCC(C)CC1. The number of ether oxygens (including phenoxy) is 1. The summed E-state index contributed by atoms with van der Waals surface area (Å²) in [7, 11) is 3.40. The van der Waals surface area contributed by atoms with Crippen molar-refractivity contribution in [1.82, 2.24) is 4.90 Å². The molecule has 0 atom stereocenters. The number of carbonyl (C=O) groups is 2. The number of hydrogen-bond donors (Lipinski definition) is 0. The van der Waals surface area contributed by atoms with Gasteiger partial charge in [0.2, 0.25) is 6.41 Å². The van der Waals surface area contributed by atoms with E-state index in [-0.39, 0.29) is 11.9 Å². The minimum Gasteiger partial charge on any atom is -0.496 e. The summed E-state index contributed by atoms with van der Waals surface area (Å²) < 4.78 is 6.78. The van der Waals surface area contributed by atoms with Gasteiger partial charge in [0.05, 0.1) is 12.1 Å². The van der Waals surface area contributed by atoms with Crippen molar-refractivity contribution in [3.8, 4) is 16.9 Å². The lowest BCUT2D eigenvalue weighted by Crippen LogP contribution is -2.41. The Labute approximate surface area is 239 Å². The molecule has 0 aliphatic heterocycles. The van der Waals surface area contributed by atoms with E-state index in [2.05, 4.69) is 13.0 Å². The molecule has 7 heteroatoms. The van der Waals surface area contributed by atoms with Crippen molar-refractivity contribution < 1.29 is 14.3 Å². The molecule has 1 aliphatic rings. The Hall–Kier alpha value is -3.35. The number of nitrogens with zero attached hydrogens (tertiary/aromatic N) is 2. The zero-order chi connectivity index (χ0) is 27.5. The molecular weight excluding hydrogens is 528 g/mol. The summed E-state index contributed by atoms with van der Waals surface area (Å²) in [6.45, 7) is 2.72. The van der Waals surface area contributed by atoms with Crippen molar-refractivity contribution in [1.29, 1.82) is 0 Å². The van der Waals surface area contributed by atoms with Gasteiger partial charge in [0, 0.05) is 41.0 Å². The van der Waals surface area contributed by atoms with Gasteiger partial charge in [-0.25, -0.2) is 0 Å². The quantitative estimate of drug-likeness (QED) is 0.205. The molecule has 3 aromatic carbocycles. The van der Waals surface area contributed by atoms with E-state index in [0.29, 0.717) is 22.4 Å². The molecule has 1 heterocycles. The Morgan fingerprint density at radius 2 is 1.72 bits per heavy atom. The fraction of sp³-hybridized carbons (Fsp3) is 0.312. The Bertz CT molecular complexity index is 1470. The minimum atomic E-state index is -0.0190. The molecular formula is C32H33ClN2O3S. The number of hydrogen-bond acceptors (Lipinski definition) is 4. The van der Waals surface area contributed by atoms with Crippen LogP contribution in [-0.4, -0.2) is 37.4 Å². The monoisotopic (exact) mass is 560 g/mol. The highest BCUT2D eigenvalue weighted by atomic mass is 35.5. The van der Waals surface area contributed by atoms with Crippen LogP contribution in [0, 0.1) is 5.92 Å². The molecule has 202 valence electrons. The van der Waals surface area contributed by atoms with E-state index < -0.39 is 0 Å². The molecule has 4 aromatic rings. The van der Waals surface area contributed by atoms with Gasteiger partial charge in [-0.15, -0.1) is 11.3 Å². The van der Waals surface area contributed by atoms with Crippen LogP contribution in [0.15, 0.2) is 66.7 Å². The summed E-state index contributed by atoms with van der Waals surface area (Å²) in [5.74, 6) is 1.40. The van der Waals surface area contributed by atoms with E-state index in [1.54, 1.807) is 14.2 Å². The smallest absolute Gasteiger partial charge is 0.266 e. The van der Waals surface area contributed by atoms with Crippen molar-refractivity contribution >= 4 is 51.0 Å². The van der Waals surface area contributed by atoms with E-state index in [9.17, 15) is 9.59 Å². The molecule has 0 radical (unpaired) electrons. The number of methoxy groups -OCH3 is 1. The summed E-state index contributed by atoms with van der Waals surface area (Å²) in [6.07, 6.45) is 4.95. The van der Waals surface area contributed by atoms with Gasteiger partial charge in [-0.05, 0) is 73.1 Å². The normalized spacial score (nSPS) is 17.1. The summed E-state index contributed by atoms with van der Waals surface area (Å²) in [4.78, 5) is 29.5. The van der Waals surface area contributed by atoms with Crippen LogP contribution in [0.3, 0.4) is 0 Å². The average Bonchev–Trinajstić information content (AvgIpc) is 3.32. The van der Waals surface area contributed by atoms with Crippen LogP contribution in [0.4, 0.5) is 5.69 Å². The van der Waals surface area contributed by atoms with Crippen molar-refractivity contribution in [3.05, 3.63) is 82.2 Å². The zero-order valence-electron chi connectivity index (χ0n) is 22.5. The summed E-state index contributed by atoms with van der Waals surface area (Å²) in [5, 5.41) is 1.46. The number of halogens is 1. The van der Waals surface area contributed by atoms with Gasteiger partial charge >= 0.3 is 0 Å². The minimum absolute atomic E-state index is 0.0190. The van der Waals surface area contributed by atoms with Gasteiger partial charge in [0.15, 0.2) is 0 Å². The predicted octanol–water partition coefficient (Wildman–Crippen LogP) is 8.04. The van der Waals surface area contributed by atoms with E-state index in [1.165, 1.54) is 16.2 Å². The largest absolute Gasteiger partial charge is 0.496 e. The second-order valence-electron chi connectivity index (χ2n) is 10.4. The van der Waals surface area contributed by atoms with Crippen molar-refractivity contribution in [2.75, 3.05) is 19.1 Å². The summed E-state index contributed by atoms with van der Waals surface area (Å²) >= 11 is 8.25. The maximum atomic E-state index is 14.2. The molecule has 5 nitrogen and oxygen atoms in total. The lowest BCUT2D eigenvalue weighted by atomic mass is 9.86. The standard InChI is InChI=1S/C32H33ClN2O3S/c1-21-8-13-26(14-9-21)35(32(37)31-30(33)27-6-4-5-7-29(27)39-31)19-24-18-23(12-17-28(24)38-3)22-10-15-25(16-11-22)34(2)20-36/h4-7,10-12,15-18,20-21,26H,8-9,13-14,19H2,1-3H3. The molecule has 0 saturated heterocycles. The molecule has 1 aliphatic carbocycles. The van der Waals surface area contributed by atoms with Crippen LogP contribution in [0.2, 0.25) is 5.02 Å². The third-order valence-corrected chi connectivity index (χ3v) is 9.47. The number of benzene rings is 3. The molecule has 39 heavy (non-hydrogen) atoms. The second kappa shape index (κ2) is 11.8. The lowest BCUT2D eigenvalue weighted by Gasteiger charge is -2.36. The van der Waals surface area contributed by atoms with Gasteiger partial charge in [0.25, 0.3) is 5.91 Å². The van der Waals surface area contributed by atoms with Crippen LogP contribution in [0.5, 0.6) is 5.75 Å². The summed E-state index contributed by atoms with van der Waals surface area (Å²) in [5.41, 5.74) is 3.83. The lowest BCUT2D eigenvalue weighted by molar-refractivity contribution is -0.107. The van der Waals surface area contributed by atoms with Crippen LogP contribution >= 0.6 is 22.9 Å². The van der Waals surface area contributed by atoms with Crippen LogP contribution in [0.25, 0.3) is 21.2 Å². The number of thiophene rings is 1. The molecule has 2 amide bonds. The van der Waals surface area contributed by atoms with E-state index in [4.69, 9.17) is 16.3 Å². The molecule has 1 fully saturated rings. The molecule has 0 N–H and O–H groups in total. The number of fused-ring (bicyclic) bond motifs is 1. The first-order valence-electron chi connectivity index (χ1n) is 13.3. The topological polar surface area (TPSA) is 49.9 Å². The van der Waals surface area contributed by atoms with Gasteiger partial charge < -0.3 is 14.5 Å². The van der Waals surface area contributed by atoms with E-state index >= 15 is 0 Å². The maximum Gasteiger partial charge on any atom is 0.266 e. The molecule has 0 spiro atoms. The van der Waals surface area contributed by atoms with Crippen LogP contribution in [-0.2, 0) is 11.3 Å². The highest BCUT2D eigenvalue weighted by molar-refractivity contribution is 7.21. The van der Waals surface area contributed by atoms with Crippen molar-refractivity contribution in [3.63, 3.8) is 0 Å². The van der Waals surface area contributed by atoms with Crippen molar-refractivity contribution in [2.45, 2.75) is 45.2 Å². The molecule has 1 saturated carbocycles. The first-order chi connectivity index (χ1) is 18.9. The molecule has 5 rings (SSSR count). The maximum absolute atomic E-state index is 14.2. The molecule has 0 bridgehead atoms. The highest BCUT2D eigenvalue weighted by Gasteiger charge is 2.31. The highest BCUT2D eigenvalue weighted by Crippen LogP contribution is 2.39. The fourth-order valence-corrected chi connectivity index (χ4v) is 6.89. The zero-order valence-corrected chi connectivity index (χ0v) is 24.1. The molecule has 0 unspecified atom stereocenters. The third kappa shape index (κ3) is 5.68. The van der Waals surface area contributed by atoms with Crippen LogP contribution in [0.1, 0.15) is 47.8 Å². The van der Waals surface area contributed by atoms with Gasteiger partial charge in [0.1, 0.15) is 10.6 Å².